The summed E-state index contributed by atoms with van der Waals surface area (Å²) in [5, 5.41) is 5.79. The van der Waals surface area contributed by atoms with Gasteiger partial charge in [-0.2, -0.15) is 0 Å². The Morgan fingerprint density at radius 3 is 2.79 bits per heavy atom. The number of benzene rings is 1. The van der Waals surface area contributed by atoms with E-state index in [2.05, 4.69) is 10.6 Å². The first kappa shape index (κ1) is 13.5. The minimum absolute atomic E-state index is 0.202. The van der Waals surface area contributed by atoms with Gasteiger partial charge in [-0.3, -0.25) is 9.59 Å². The summed E-state index contributed by atoms with van der Waals surface area (Å²) in [4.78, 5) is 23.2. The molecule has 1 aromatic carbocycles. The van der Waals surface area contributed by atoms with Crippen molar-refractivity contribution in [2.75, 3.05) is 11.9 Å². The van der Waals surface area contributed by atoms with Gasteiger partial charge in [0.15, 0.2) is 0 Å². The van der Waals surface area contributed by atoms with Crippen LogP contribution >= 0.6 is 0 Å². The summed E-state index contributed by atoms with van der Waals surface area (Å²) in [6.07, 6.45) is 1.67. The molecule has 4 N–H and O–H groups in total. The van der Waals surface area contributed by atoms with Gasteiger partial charge in [0.2, 0.25) is 5.91 Å². The first-order chi connectivity index (χ1) is 8.92. The zero-order valence-corrected chi connectivity index (χ0v) is 10.6. The van der Waals surface area contributed by atoms with Gasteiger partial charge in [0.25, 0.3) is 5.91 Å². The second-order valence-corrected chi connectivity index (χ2v) is 4.88. The van der Waals surface area contributed by atoms with Crippen LogP contribution in [-0.2, 0) is 4.79 Å². The fourth-order valence-corrected chi connectivity index (χ4v) is 2.15. The Balaban J connectivity index is 2.17. The fourth-order valence-electron chi connectivity index (χ4n) is 2.15. The van der Waals surface area contributed by atoms with Gasteiger partial charge in [0.05, 0.1) is 11.1 Å². The summed E-state index contributed by atoms with van der Waals surface area (Å²) in [6.45, 7) is 2.60. The van der Waals surface area contributed by atoms with Gasteiger partial charge in [-0.1, -0.05) is 0 Å². The number of rotatable bonds is 3. The number of hydrogen-bond donors (Lipinski definition) is 3. The number of carbonyl (C=O) groups excluding carboxylic acids is 2. The molecule has 1 atom stereocenters. The lowest BCUT2D eigenvalue weighted by Gasteiger charge is -2.23. The molecule has 1 unspecified atom stereocenters. The normalized spacial score (nSPS) is 22.2. The van der Waals surface area contributed by atoms with Crippen molar-refractivity contribution in [1.29, 1.82) is 0 Å². The van der Waals surface area contributed by atoms with Crippen molar-refractivity contribution in [3.8, 4) is 0 Å². The lowest BCUT2D eigenvalue weighted by molar-refractivity contribution is -0.121. The second kappa shape index (κ2) is 4.97. The molecule has 1 fully saturated rings. The van der Waals surface area contributed by atoms with E-state index in [1.165, 1.54) is 12.1 Å². The molecule has 0 bridgehead atoms. The van der Waals surface area contributed by atoms with Crippen LogP contribution in [0, 0.1) is 5.82 Å². The van der Waals surface area contributed by atoms with E-state index in [9.17, 15) is 14.0 Å². The summed E-state index contributed by atoms with van der Waals surface area (Å²) in [7, 11) is 0. The fraction of sp³-hybridized carbons (Fsp3) is 0.385. The van der Waals surface area contributed by atoms with E-state index in [4.69, 9.17) is 5.73 Å². The molecule has 1 aliphatic heterocycles. The summed E-state index contributed by atoms with van der Waals surface area (Å²) >= 11 is 0. The number of nitrogens with one attached hydrogen (secondary N) is 2. The van der Waals surface area contributed by atoms with Crippen LogP contribution in [0.25, 0.3) is 0 Å². The van der Waals surface area contributed by atoms with Crippen molar-refractivity contribution < 1.29 is 14.0 Å². The topological polar surface area (TPSA) is 84.2 Å². The molecule has 2 amide bonds. The maximum atomic E-state index is 13.3. The molecule has 1 saturated heterocycles. The monoisotopic (exact) mass is 265 g/mol. The van der Waals surface area contributed by atoms with Crippen LogP contribution in [0.2, 0.25) is 0 Å². The number of primary amides is 1. The zero-order chi connectivity index (χ0) is 14.0. The molecule has 102 valence electrons. The predicted octanol–water partition coefficient (Wildman–Crippen LogP) is 1.01. The minimum Gasteiger partial charge on any atom is -0.366 e. The second-order valence-electron chi connectivity index (χ2n) is 4.88. The first-order valence-corrected chi connectivity index (χ1v) is 6.08. The van der Waals surface area contributed by atoms with Gasteiger partial charge in [-0.25, -0.2) is 4.39 Å². The largest absolute Gasteiger partial charge is 0.366 e. The summed E-state index contributed by atoms with van der Waals surface area (Å²) < 4.78 is 13.3. The Labute approximate surface area is 110 Å². The lowest BCUT2D eigenvalue weighted by atomic mass is 9.99. The Morgan fingerprint density at radius 2 is 2.21 bits per heavy atom. The van der Waals surface area contributed by atoms with Gasteiger partial charge in [0, 0.05) is 5.69 Å². The lowest BCUT2D eigenvalue weighted by Crippen LogP contribution is -2.48. The highest BCUT2D eigenvalue weighted by atomic mass is 19.1. The van der Waals surface area contributed by atoms with E-state index in [1.54, 1.807) is 0 Å². The third-order valence-corrected chi connectivity index (χ3v) is 3.36. The molecule has 0 radical (unpaired) electrons. The van der Waals surface area contributed by atoms with Crippen molar-refractivity contribution in [2.24, 2.45) is 5.73 Å². The quantitative estimate of drug-likeness (QED) is 0.762. The number of halogens is 1. The van der Waals surface area contributed by atoms with Crippen LogP contribution in [0.5, 0.6) is 0 Å². The Morgan fingerprint density at radius 1 is 1.47 bits per heavy atom. The molecule has 0 spiro atoms. The van der Waals surface area contributed by atoms with E-state index in [0.29, 0.717) is 5.69 Å². The van der Waals surface area contributed by atoms with E-state index < -0.39 is 17.3 Å². The number of carbonyl (C=O) groups is 2. The number of amides is 2. The number of hydrogen-bond acceptors (Lipinski definition) is 3. The molecule has 0 aromatic heterocycles. The van der Waals surface area contributed by atoms with Crippen molar-refractivity contribution >= 4 is 17.5 Å². The Hall–Kier alpha value is -1.95. The van der Waals surface area contributed by atoms with Gasteiger partial charge < -0.3 is 16.4 Å². The van der Waals surface area contributed by atoms with E-state index in [1.807, 2.05) is 6.92 Å². The average molecular weight is 265 g/mol. The molecular weight excluding hydrogens is 249 g/mol. The number of nitrogens with two attached hydrogens (primary N) is 1. The van der Waals surface area contributed by atoms with Crippen molar-refractivity contribution in [3.63, 3.8) is 0 Å². The van der Waals surface area contributed by atoms with E-state index in [0.717, 1.165) is 25.5 Å². The number of anilines is 1. The summed E-state index contributed by atoms with van der Waals surface area (Å²) in [5.41, 5.74) is 4.56. The highest BCUT2D eigenvalue weighted by Gasteiger charge is 2.35. The van der Waals surface area contributed by atoms with Crippen LogP contribution in [0.15, 0.2) is 18.2 Å². The van der Waals surface area contributed by atoms with E-state index in [-0.39, 0.29) is 11.5 Å². The molecule has 0 aliphatic carbocycles. The average Bonchev–Trinajstić information content (AvgIpc) is 2.79. The van der Waals surface area contributed by atoms with Gasteiger partial charge in [-0.15, -0.1) is 0 Å². The molecule has 2 rings (SSSR count). The van der Waals surface area contributed by atoms with Crippen LogP contribution in [-0.4, -0.2) is 23.9 Å². The van der Waals surface area contributed by atoms with Crippen molar-refractivity contribution in [2.45, 2.75) is 25.3 Å². The zero-order valence-electron chi connectivity index (χ0n) is 10.6. The standard InChI is InChI=1S/C13H16FN3O2/c1-13(5-2-6-16-13)12(19)17-8-3-4-10(14)9(7-8)11(15)18/h3-4,7,16H,2,5-6H2,1H3,(H2,15,18)(H,17,19). The molecule has 1 aliphatic rings. The molecule has 6 heteroatoms. The smallest absolute Gasteiger partial charge is 0.251 e. The van der Waals surface area contributed by atoms with Crippen LogP contribution < -0.4 is 16.4 Å². The van der Waals surface area contributed by atoms with Crippen LogP contribution in [0.3, 0.4) is 0 Å². The molecule has 0 saturated carbocycles. The van der Waals surface area contributed by atoms with E-state index >= 15 is 0 Å². The van der Waals surface area contributed by atoms with Crippen LogP contribution in [0.1, 0.15) is 30.1 Å². The van der Waals surface area contributed by atoms with Gasteiger partial charge in [-0.05, 0) is 44.5 Å². The predicted molar refractivity (Wildman–Crippen MR) is 69.2 cm³/mol. The minimum atomic E-state index is -0.862. The van der Waals surface area contributed by atoms with Gasteiger partial charge in [0.1, 0.15) is 5.82 Å². The van der Waals surface area contributed by atoms with Crippen molar-refractivity contribution in [3.05, 3.63) is 29.6 Å². The summed E-state index contributed by atoms with van der Waals surface area (Å²) in [5.74, 6) is -1.76. The molecule has 1 aromatic rings. The maximum Gasteiger partial charge on any atom is 0.251 e. The molecule has 5 nitrogen and oxygen atoms in total. The Bertz CT molecular complexity index is 525. The Kier molecular flexibility index (Phi) is 3.53. The SMILES string of the molecule is CC1(C(=O)Nc2ccc(F)c(C(N)=O)c2)CCCN1. The maximum absolute atomic E-state index is 13.3. The summed E-state index contributed by atoms with van der Waals surface area (Å²) in [6, 6.07) is 3.76. The van der Waals surface area contributed by atoms with Crippen LogP contribution in [0.4, 0.5) is 10.1 Å². The third kappa shape index (κ3) is 2.73. The van der Waals surface area contributed by atoms with Crippen molar-refractivity contribution in [1.82, 2.24) is 5.32 Å². The highest BCUT2D eigenvalue weighted by molar-refractivity contribution is 6.00. The van der Waals surface area contributed by atoms with Gasteiger partial charge >= 0.3 is 0 Å². The highest BCUT2D eigenvalue weighted by Crippen LogP contribution is 2.21. The molecule has 1 heterocycles. The third-order valence-electron chi connectivity index (χ3n) is 3.36. The first-order valence-electron chi connectivity index (χ1n) is 6.08. The molecular formula is C13H16FN3O2. The molecule has 19 heavy (non-hydrogen) atoms.